The third kappa shape index (κ3) is 6.65. The molecule has 0 radical (unpaired) electrons. The number of anilines is 3. The van der Waals surface area contributed by atoms with Gasteiger partial charge in [0.05, 0.1) is 12.8 Å². The van der Waals surface area contributed by atoms with Crippen LogP contribution in [-0.4, -0.2) is 47.6 Å². The van der Waals surface area contributed by atoms with Crippen LogP contribution in [0.4, 0.5) is 17.1 Å². The van der Waals surface area contributed by atoms with Gasteiger partial charge in [-0.2, -0.15) is 0 Å². The second kappa shape index (κ2) is 12.3. The summed E-state index contributed by atoms with van der Waals surface area (Å²) in [5.74, 6) is 0.674. The van der Waals surface area contributed by atoms with Crippen molar-refractivity contribution in [2.24, 2.45) is 0 Å². The average Bonchev–Trinajstić information content (AvgIpc) is 2.93. The molecule has 3 aromatic carbocycles. The summed E-state index contributed by atoms with van der Waals surface area (Å²) < 4.78 is 35.5. The maximum Gasteiger partial charge on any atom is 0.243 e. The molecule has 2 N–H and O–H groups in total. The molecule has 1 aliphatic heterocycles. The van der Waals surface area contributed by atoms with Gasteiger partial charge >= 0.3 is 0 Å². The maximum absolute atomic E-state index is 13.7. The van der Waals surface area contributed by atoms with Gasteiger partial charge in [-0.1, -0.05) is 37.3 Å². The summed E-state index contributed by atoms with van der Waals surface area (Å²) >= 11 is 0. The van der Waals surface area contributed by atoms with Crippen LogP contribution >= 0.6 is 0 Å². The zero-order valence-electron chi connectivity index (χ0n) is 22.2. The Kier molecular flexibility index (Phi) is 8.91. The minimum Gasteiger partial charge on any atom is -0.497 e. The van der Waals surface area contributed by atoms with Crippen molar-refractivity contribution in [2.75, 3.05) is 48.4 Å². The van der Waals surface area contributed by atoms with E-state index < -0.39 is 16.1 Å². The summed E-state index contributed by atoms with van der Waals surface area (Å²) in [6.07, 6.45) is 1.09. The van der Waals surface area contributed by atoms with Crippen molar-refractivity contribution >= 4 is 33.0 Å². The van der Waals surface area contributed by atoms with Gasteiger partial charge in [-0.05, 0) is 61.4 Å². The number of carbonyl (C=O) groups excluding carboxylic acids is 1. The van der Waals surface area contributed by atoms with Crippen molar-refractivity contribution < 1.29 is 17.9 Å². The van der Waals surface area contributed by atoms with E-state index >= 15 is 0 Å². The molecule has 38 heavy (non-hydrogen) atoms. The molecule has 1 saturated heterocycles. The predicted octanol–water partition coefficient (Wildman–Crippen LogP) is 4.80. The molecule has 9 heteroatoms. The van der Waals surface area contributed by atoms with Crippen LogP contribution in [0.3, 0.4) is 0 Å². The fraction of sp³-hybridized carbons (Fsp3) is 0.345. The molecule has 4 rings (SSSR count). The monoisotopic (exact) mass is 536 g/mol. The lowest BCUT2D eigenvalue weighted by Gasteiger charge is -2.38. The average molecular weight is 537 g/mol. The normalized spacial score (nSPS) is 14.7. The Morgan fingerprint density at radius 2 is 1.61 bits per heavy atom. The number of hydrogen-bond acceptors (Lipinski definition) is 6. The minimum atomic E-state index is -3.90. The molecule has 0 unspecified atom stereocenters. The van der Waals surface area contributed by atoms with E-state index in [1.54, 1.807) is 25.3 Å². The number of piperazine rings is 1. The Bertz CT molecular complexity index is 1320. The van der Waals surface area contributed by atoms with E-state index in [-0.39, 0.29) is 10.8 Å². The summed E-state index contributed by atoms with van der Waals surface area (Å²) in [7, 11) is -2.25. The van der Waals surface area contributed by atoms with Crippen LogP contribution in [0, 0.1) is 0 Å². The van der Waals surface area contributed by atoms with Gasteiger partial charge in [-0.15, -0.1) is 0 Å². The van der Waals surface area contributed by atoms with Crippen LogP contribution in [0.25, 0.3) is 0 Å². The van der Waals surface area contributed by atoms with E-state index in [0.717, 1.165) is 30.1 Å². The fourth-order valence-corrected chi connectivity index (χ4v) is 6.11. The number of hydrogen-bond donors (Lipinski definition) is 2. The molecular weight excluding hydrogens is 500 g/mol. The predicted molar refractivity (Wildman–Crippen MR) is 153 cm³/mol. The molecular formula is C29H36N4O4S. The van der Waals surface area contributed by atoms with Gasteiger partial charge < -0.3 is 19.9 Å². The number of carbonyl (C=O) groups is 1. The molecule has 0 spiro atoms. The lowest BCUT2D eigenvalue weighted by molar-refractivity contribution is -0.116. The fourth-order valence-electron chi connectivity index (χ4n) is 4.62. The smallest absolute Gasteiger partial charge is 0.243 e. The third-order valence-corrected chi connectivity index (χ3v) is 8.27. The number of nitrogens with one attached hydrogen (secondary N) is 2. The SMILES string of the molecule is CCCC(=O)Nc1ccc(N2CCN(c3ccc(OC)cc3)CC2)c(S(=O)(=O)N[C@@H](C)c2ccccc2)c1. The van der Waals surface area contributed by atoms with Crippen LogP contribution in [0.5, 0.6) is 5.75 Å². The second-order valence-electron chi connectivity index (χ2n) is 9.41. The number of sulfonamides is 1. The summed E-state index contributed by atoms with van der Waals surface area (Å²) in [5, 5.41) is 2.84. The first-order chi connectivity index (χ1) is 18.3. The highest BCUT2D eigenvalue weighted by molar-refractivity contribution is 7.89. The van der Waals surface area contributed by atoms with E-state index in [4.69, 9.17) is 4.74 Å². The first-order valence-corrected chi connectivity index (χ1v) is 14.4. The first-order valence-electron chi connectivity index (χ1n) is 13.0. The summed E-state index contributed by atoms with van der Waals surface area (Å²) in [6.45, 7) is 6.56. The standard InChI is InChI=1S/C29H36N4O4S/c1-4-8-29(34)30-24-11-16-27(28(21-24)38(35,36)31-22(2)23-9-6-5-7-10-23)33-19-17-32(18-20-33)25-12-14-26(37-3)15-13-25/h5-7,9-16,21-22,31H,4,8,17-20H2,1-3H3,(H,30,34)/t22-/m0/s1. The van der Waals surface area contributed by atoms with Gasteiger partial charge in [0.2, 0.25) is 15.9 Å². The maximum atomic E-state index is 13.7. The molecule has 8 nitrogen and oxygen atoms in total. The summed E-state index contributed by atoms with van der Waals surface area (Å²) in [4.78, 5) is 16.8. The second-order valence-corrected chi connectivity index (χ2v) is 11.1. The molecule has 0 aromatic heterocycles. The molecule has 202 valence electrons. The lowest BCUT2D eigenvalue weighted by atomic mass is 10.1. The molecule has 1 aliphatic rings. The highest BCUT2D eigenvalue weighted by Crippen LogP contribution is 2.31. The minimum absolute atomic E-state index is 0.137. The van der Waals surface area contributed by atoms with Crippen molar-refractivity contribution in [1.29, 1.82) is 0 Å². The highest BCUT2D eigenvalue weighted by atomic mass is 32.2. The highest BCUT2D eigenvalue weighted by Gasteiger charge is 2.27. The molecule has 3 aromatic rings. The Balaban J connectivity index is 1.58. The number of nitrogens with zero attached hydrogens (tertiary/aromatic N) is 2. The number of benzene rings is 3. The van der Waals surface area contributed by atoms with Gasteiger partial charge in [-0.3, -0.25) is 4.79 Å². The van der Waals surface area contributed by atoms with Crippen LogP contribution in [0.15, 0.2) is 77.7 Å². The van der Waals surface area contributed by atoms with Gasteiger partial charge in [0.15, 0.2) is 0 Å². The number of methoxy groups -OCH3 is 1. The van der Waals surface area contributed by atoms with Crippen molar-refractivity contribution in [3.05, 3.63) is 78.4 Å². The van der Waals surface area contributed by atoms with Gasteiger partial charge in [0.1, 0.15) is 10.6 Å². The van der Waals surface area contributed by atoms with Crippen LogP contribution in [-0.2, 0) is 14.8 Å². The summed E-state index contributed by atoms with van der Waals surface area (Å²) in [5.41, 5.74) is 3.07. The van der Waals surface area contributed by atoms with Crippen molar-refractivity contribution in [1.82, 2.24) is 4.72 Å². The Labute approximate surface area is 225 Å². The quantitative estimate of drug-likeness (QED) is 0.387. The van der Waals surface area contributed by atoms with Crippen LogP contribution in [0.2, 0.25) is 0 Å². The van der Waals surface area contributed by atoms with E-state index in [1.165, 1.54) is 0 Å². The third-order valence-electron chi connectivity index (χ3n) is 6.70. The van der Waals surface area contributed by atoms with E-state index in [2.05, 4.69) is 19.8 Å². The van der Waals surface area contributed by atoms with E-state index in [1.807, 2.05) is 68.4 Å². The number of amides is 1. The van der Waals surface area contributed by atoms with Crippen LogP contribution < -0.4 is 24.6 Å². The zero-order valence-corrected chi connectivity index (χ0v) is 23.0. The van der Waals surface area contributed by atoms with Crippen molar-refractivity contribution in [3.8, 4) is 5.75 Å². The largest absolute Gasteiger partial charge is 0.497 e. The van der Waals surface area contributed by atoms with Gasteiger partial charge in [0, 0.05) is 50.0 Å². The molecule has 1 fully saturated rings. The Morgan fingerprint density at radius 3 is 2.24 bits per heavy atom. The first kappa shape index (κ1) is 27.5. The lowest BCUT2D eigenvalue weighted by Crippen LogP contribution is -2.47. The van der Waals surface area contributed by atoms with Crippen molar-refractivity contribution in [3.63, 3.8) is 0 Å². The zero-order chi connectivity index (χ0) is 27.1. The van der Waals surface area contributed by atoms with Crippen LogP contribution in [0.1, 0.15) is 38.3 Å². The summed E-state index contributed by atoms with van der Waals surface area (Å²) in [6, 6.07) is 22.1. The van der Waals surface area contributed by atoms with E-state index in [0.29, 0.717) is 37.3 Å². The van der Waals surface area contributed by atoms with E-state index in [9.17, 15) is 13.2 Å². The molecule has 0 saturated carbocycles. The number of ether oxygens (including phenoxy) is 1. The molecule has 1 atom stereocenters. The van der Waals surface area contributed by atoms with Crippen molar-refractivity contribution in [2.45, 2.75) is 37.6 Å². The topological polar surface area (TPSA) is 91.0 Å². The van der Waals surface area contributed by atoms with Gasteiger partial charge in [0.25, 0.3) is 0 Å². The molecule has 0 bridgehead atoms. The number of rotatable bonds is 10. The Hall–Kier alpha value is -3.56. The molecule has 0 aliphatic carbocycles. The van der Waals surface area contributed by atoms with Gasteiger partial charge in [-0.25, -0.2) is 13.1 Å². The molecule has 1 heterocycles. The molecule has 1 amide bonds. The Morgan fingerprint density at radius 1 is 0.947 bits per heavy atom.